The number of carbonyl (C=O) groups excluding carboxylic acids is 1. The molecule has 3 rings (SSSR count). The van der Waals surface area contributed by atoms with Crippen LogP contribution in [0.25, 0.3) is 0 Å². The maximum Gasteiger partial charge on any atom is 0.317 e. The second kappa shape index (κ2) is 9.04. The first-order valence-corrected chi connectivity index (χ1v) is 10.1. The highest BCUT2D eigenvalue weighted by Gasteiger charge is 2.31. The van der Waals surface area contributed by atoms with Crippen molar-refractivity contribution in [1.82, 2.24) is 15.1 Å². The van der Waals surface area contributed by atoms with E-state index in [0.29, 0.717) is 19.6 Å². The topological polar surface area (TPSA) is 65.0 Å². The Hall–Kier alpha value is -1.63. The molecule has 2 aliphatic rings. The molecule has 0 bridgehead atoms. The lowest BCUT2D eigenvalue weighted by Crippen LogP contribution is -2.57. The van der Waals surface area contributed by atoms with Crippen LogP contribution in [0.15, 0.2) is 30.3 Å². The Bertz CT molecular complexity index is 594. The molecule has 27 heavy (non-hydrogen) atoms. The summed E-state index contributed by atoms with van der Waals surface area (Å²) in [5.74, 6) is 0.209. The number of urea groups is 1. The fraction of sp³-hybridized carbons (Fsp3) is 0.667. The molecule has 0 saturated carbocycles. The lowest BCUT2D eigenvalue weighted by atomic mass is 9.87. The quantitative estimate of drug-likeness (QED) is 0.829. The molecule has 6 nitrogen and oxygen atoms in total. The molecule has 150 valence electrons. The van der Waals surface area contributed by atoms with Gasteiger partial charge in [0.15, 0.2) is 0 Å². The number of amides is 2. The number of rotatable bonds is 5. The van der Waals surface area contributed by atoms with Crippen LogP contribution in [0.2, 0.25) is 0 Å². The van der Waals surface area contributed by atoms with E-state index in [1.807, 2.05) is 35.2 Å². The number of nitrogens with one attached hydrogen (secondary N) is 1. The van der Waals surface area contributed by atoms with Crippen LogP contribution >= 0.6 is 0 Å². The third-order valence-corrected chi connectivity index (χ3v) is 5.95. The van der Waals surface area contributed by atoms with Gasteiger partial charge in [-0.25, -0.2) is 4.79 Å². The summed E-state index contributed by atoms with van der Waals surface area (Å²) in [5, 5.41) is 13.7. The first-order valence-electron chi connectivity index (χ1n) is 10.1. The summed E-state index contributed by atoms with van der Waals surface area (Å²) >= 11 is 0. The smallest absolute Gasteiger partial charge is 0.317 e. The van der Waals surface area contributed by atoms with Gasteiger partial charge in [0.1, 0.15) is 0 Å². The molecule has 6 heteroatoms. The summed E-state index contributed by atoms with van der Waals surface area (Å²) in [6.45, 7) is 9.68. The number of benzene rings is 1. The van der Waals surface area contributed by atoms with E-state index in [9.17, 15) is 9.90 Å². The number of piperidine rings is 1. The minimum absolute atomic E-state index is 0.00369. The molecule has 1 aromatic carbocycles. The normalized spacial score (nSPS) is 21.1. The lowest BCUT2D eigenvalue weighted by molar-refractivity contribution is -0.00923. The number of aliphatic hydroxyl groups excluding tert-OH is 1. The third-order valence-electron chi connectivity index (χ3n) is 5.95. The van der Waals surface area contributed by atoms with Crippen molar-refractivity contribution < 1.29 is 14.6 Å². The number of likely N-dealkylation sites (tertiary alicyclic amines) is 1. The van der Waals surface area contributed by atoms with Gasteiger partial charge in [-0.2, -0.15) is 0 Å². The molecule has 2 fully saturated rings. The van der Waals surface area contributed by atoms with E-state index in [-0.39, 0.29) is 17.5 Å². The van der Waals surface area contributed by atoms with E-state index >= 15 is 0 Å². The minimum atomic E-state index is -0.448. The Morgan fingerprint density at radius 1 is 1.19 bits per heavy atom. The maximum absolute atomic E-state index is 12.6. The van der Waals surface area contributed by atoms with Crippen LogP contribution in [0.1, 0.15) is 38.4 Å². The summed E-state index contributed by atoms with van der Waals surface area (Å²) in [6, 6.07) is 9.81. The van der Waals surface area contributed by atoms with Gasteiger partial charge in [-0.3, -0.25) is 4.90 Å². The third kappa shape index (κ3) is 5.21. The molecule has 1 aromatic rings. The monoisotopic (exact) mass is 375 g/mol. The minimum Gasteiger partial charge on any atom is -0.388 e. The molecular formula is C21H33N3O3. The standard InChI is InChI=1S/C21H33N3O3/c1-21(2,24-12-14-27-15-13-24)16-22-20(26)23-10-8-18(9-11-23)19(25)17-6-4-3-5-7-17/h3-7,18-19,25H,8-16H2,1-2H3,(H,22,26). The predicted octanol–water partition coefficient (Wildman–Crippen LogP) is 2.25. The summed E-state index contributed by atoms with van der Waals surface area (Å²) < 4.78 is 5.42. The van der Waals surface area contributed by atoms with Crippen molar-refractivity contribution >= 4 is 6.03 Å². The largest absolute Gasteiger partial charge is 0.388 e. The Labute approximate surface area is 162 Å². The summed E-state index contributed by atoms with van der Waals surface area (Å²) in [4.78, 5) is 16.8. The first kappa shape index (κ1) is 20.1. The Balaban J connectivity index is 1.44. The van der Waals surface area contributed by atoms with Crippen LogP contribution in [-0.4, -0.2) is 72.4 Å². The number of morpholine rings is 1. The zero-order chi connectivity index (χ0) is 19.3. The molecule has 2 saturated heterocycles. The highest BCUT2D eigenvalue weighted by molar-refractivity contribution is 5.74. The predicted molar refractivity (Wildman–Crippen MR) is 106 cm³/mol. The molecule has 0 spiro atoms. The van der Waals surface area contributed by atoms with E-state index in [2.05, 4.69) is 24.1 Å². The number of carbonyl (C=O) groups is 1. The Morgan fingerprint density at radius 3 is 2.44 bits per heavy atom. The van der Waals surface area contributed by atoms with Crippen LogP contribution in [0, 0.1) is 5.92 Å². The molecule has 2 amide bonds. The molecule has 0 aliphatic carbocycles. The van der Waals surface area contributed by atoms with Crippen molar-refractivity contribution in [3.8, 4) is 0 Å². The van der Waals surface area contributed by atoms with E-state index in [1.54, 1.807) is 0 Å². The van der Waals surface area contributed by atoms with E-state index in [4.69, 9.17) is 4.74 Å². The SMILES string of the molecule is CC(C)(CNC(=O)N1CCC(C(O)c2ccccc2)CC1)N1CCOCC1. The molecule has 1 unspecified atom stereocenters. The summed E-state index contributed by atoms with van der Waals surface area (Å²) in [7, 11) is 0. The second-order valence-electron chi connectivity index (χ2n) is 8.25. The van der Waals surface area contributed by atoms with Crippen LogP contribution < -0.4 is 5.32 Å². The highest BCUT2D eigenvalue weighted by atomic mass is 16.5. The van der Waals surface area contributed by atoms with E-state index in [1.165, 1.54) is 0 Å². The van der Waals surface area contributed by atoms with Gasteiger partial charge in [0.25, 0.3) is 0 Å². The molecule has 0 radical (unpaired) electrons. The maximum atomic E-state index is 12.6. The van der Waals surface area contributed by atoms with Crippen molar-refractivity contribution in [2.75, 3.05) is 45.9 Å². The first-order chi connectivity index (χ1) is 13.0. The van der Waals surface area contributed by atoms with Crippen LogP contribution in [0.3, 0.4) is 0 Å². The number of ether oxygens (including phenoxy) is 1. The molecule has 1 atom stereocenters. The number of aliphatic hydroxyl groups is 1. The zero-order valence-electron chi connectivity index (χ0n) is 16.6. The van der Waals surface area contributed by atoms with Crippen LogP contribution in [0.4, 0.5) is 4.79 Å². The van der Waals surface area contributed by atoms with Crippen molar-refractivity contribution in [1.29, 1.82) is 0 Å². The van der Waals surface area contributed by atoms with Crippen molar-refractivity contribution in [2.45, 2.75) is 38.3 Å². The van der Waals surface area contributed by atoms with Gasteiger partial charge < -0.3 is 20.1 Å². The second-order valence-corrected chi connectivity index (χ2v) is 8.25. The number of nitrogens with zero attached hydrogens (tertiary/aromatic N) is 2. The van der Waals surface area contributed by atoms with Gasteiger partial charge in [0.05, 0.1) is 19.3 Å². The van der Waals surface area contributed by atoms with Gasteiger partial charge in [-0.15, -0.1) is 0 Å². The van der Waals surface area contributed by atoms with Gasteiger partial charge in [-0.05, 0) is 38.2 Å². The molecule has 2 N–H and O–H groups in total. The van der Waals surface area contributed by atoms with Gasteiger partial charge in [0, 0.05) is 38.3 Å². The van der Waals surface area contributed by atoms with E-state index in [0.717, 1.165) is 44.7 Å². The lowest BCUT2D eigenvalue weighted by Gasteiger charge is -2.41. The van der Waals surface area contributed by atoms with Crippen LogP contribution in [-0.2, 0) is 4.74 Å². The molecule has 0 aromatic heterocycles. The van der Waals surface area contributed by atoms with Crippen LogP contribution in [0.5, 0.6) is 0 Å². The summed E-state index contributed by atoms with van der Waals surface area (Å²) in [6.07, 6.45) is 1.21. The van der Waals surface area contributed by atoms with Crippen molar-refractivity contribution in [2.24, 2.45) is 5.92 Å². The van der Waals surface area contributed by atoms with Gasteiger partial charge in [0.2, 0.25) is 0 Å². The van der Waals surface area contributed by atoms with Crippen molar-refractivity contribution in [3.63, 3.8) is 0 Å². The highest BCUT2D eigenvalue weighted by Crippen LogP contribution is 2.30. The summed E-state index contributed by atoms with van der Waals surface area (Å²) in [5.41, 5.74) is 0.883. The number of hydrogen-bond acceptors (Lipinski definition) is 4. The molecule has 2 heterocycles. The van der Waals surface area contributed by atoms with Gasteiger partial charge in [-0.1, -0.05) is 30.3 Å². The molecule has 2 aliphatic heterocycles. The Kier molecular flexibility index (Phi) is 6.73. The average molecular weight is 376 g/mol. The van der Waals surface area contributed by atoms with Crippen molar-refractivity contribution in [3.05, 3.63) is 35.9 Å². The zero-order valence-corrected chi connectivity index (χ0v) is 16.6. The fourth-order valence-corrected chi connectivity index (χ4v) is 4.02. The fourth-order valence-electron chi connectivity index (χ4n) is 4.02. The Morgan fingerprint density at radius 2 is 1.81 bits per heavy atom. The molecular weight excluding hydrogens is 342 g/mol. The van der Waals surface area contributed by atoms with E-state index < -0.39 is 6.10 Å². The average Bonchev–Trinajstić information content (AvgIpc) is 2.73. The number of hydrogen-bond donors (Lipinski definition) is 2. The van der Waals surface area contributed by atoms with Gasteiger partial charge >= 0.3 is 6.03 Å².